The molecular weight excluding hydrogens is 330 g/mol. The number of anilines is 2. The molecule has 0 aliphatic carbocycles. The first kappa shape index (κ1) is 15.5. The zero-order valence-corrected chi connectivity index (χ0v) is 13.9. The number of nitrogens with zero attached hydrogens (tertiary/aromatic N) is 1. The van der Waals surface area contributed by atoms with Crippen LogP contribution in [0.4, 0.5) is 11.5 Å². The van der Waals surface area contributed by atoms with E-state index in [1.807, 2.05) is 24.3 Å². The van der Waals surface area contributed by atoms with Crippen LogP contribution in [0.5, 0.6) is 0 Å². The van der Waals surface area contributed by atoms with E-state index in [0.29, 0.717) is 11.3 Å². The first-order chi connectivity index (χ1) is 9.83. The Balaban J connectivity index is 2.03. The van der Waals surface area contributed by atoms with Gasteiger partial charge in [0, 0.05) is 15.6 Å². The summed E-state index contributed by atoms with van der Waals surface area (Å²) in [6.45, 7) is 6.20. The number of aromatic nitrogens is 1. The fourth-order valence-electron chi connectivity index (χ4n) is 1.73. The molecular formula is C16H18BrN3O. The highest BCUT2D eigenvalue weighted by atomic mass is 79.9. The van der Waals surface area contributed by atoms with Gasteiger partial charge in [0.05, 0.1) is 11.9 Å². The topological polar surface area (TPSA) is 54.0 Å². The van der Waals surface area contributed by atoms with Gasteiger partial charge in [0.25, 0.3) is 5.91 Å². The predicted octanol–water partition coefficient (Wildman–Crippen LogP) is 4.31. The van der Waals surface area contributed by atoms with Crippen molar-refractivity contribution in [2.24, 2.45) is 0 Å². The van der Waals surface area contributed by atoms with Crippen molar-refractivity contribution >= 4 is 33.3 Å². The van der Waals surface area contributed by atoms with Crippen LogP contribution in [-0.4, -0.2) is 16.4 Å². The Morgan fingerprint density at radius 1 is 1.10 bits per heavy atom. The molecule has 0 saturated heterocycles. The van der Waals surface area contributed by atoms with E-state index < -0.39 is 0 Å². The maximum atomic E-state index is 12.1. The van der Waals surface area contributed by atoms with Crippen molar-refractivity contribution in [3.8, 4) is 0 Å². The van der Waals surface area contributed by atoms with Gasteiger partial charge in [0.15, 0.2) is 0 Å². The summed E-state index contributed by atoms with van der Waals surface area (Å²) in [6, 6.07) is 10.9. The summed E-state index contributed by atoms with van der Waals surface area (Å²) in [5.41, 5.74) is 1.23. The summed E-state index contributed by atoms with van der Waals surface area (Å²) in [5, 5.41) is 6.09. The third-order valence-corrected chi connectivity index (χ3v) is 3.16. The monoisotopic (exact) mass is 347 g/mol. The van der Waals surface area contributed by atoms with E-state index >= 15 is 0 Å². The van der Waals surface area contributed by atoms with Crippen LogP contribution < -0.4 is 10.6 Å². The minimum Gasteiger partial charge on any atom is -0.365 e. The molecule has 0 fully saturated rings. The van der Waals surface area contributed by atoms with Crippen molar-refractivity contribution in [1.82, 2.24) is 4.98 Å². The number of hydrogen-bond acceptors (Lipinski definition) is 3. The molecule has 0 unspecified atom stereocenters. The zero-order valence-electron chi connectivity index (χ0n) is 12.3. The molecule has 2 rings (SSSR count). The second-order valence-corrected chi connectivity index (χ2v) is 6.68. The molecule has 1 amide bonds. The Morgan fingerprint density at radius 3 is 2.29 bits per heavy atom. The molecule has 110 valence electrons. The van der Waals surface area contributed by atoms with Crippen LogP contribution in [0.2, 0.25) is 0 Å². The average Bonchev–Trinajstić information content (AvgIpc) is 2.40. The summed E-state index contributed by atoms with van der Waals surface area (Å²) in [5.74, 6) is 0.630. The number of carbonyl (C=O) groups excluding carboxylic acids is 1. The van der Waals surface area contributed by atoms with E-state index in [9.17, 15) is 4.79 Å². The highest BCUT2D eigenvalue weighted by Gasteiger charge is 2.10. The normalized spacial score (nSPS) is 11.0. The quantitative estimate of drug-likeness (QED) is 0.869. The van der Waals surface area contributed by atoms with Gasteiger partial charge in [0.1, 0.15) is 5.82 Å². The lowest BCUT2D eigenvalue weighted by atomic mass is 10.1. The van der Waals surface area contributed by atoms with Gasteiger partial charge in [-0.1, -0.05) is 15.9 Å². The number of nitrogens with one attached hydrogen (secondary N) is 2. The van der Waals surface area contributed by atoms with Gasteiger partial charge in [-0.15, -0.1) is 0 Å². The van der Waals surface area contributed by atoms with Gasteiger partial charge in [0.2, 0.25) is 0 Å². The first-order valence-corrected chi connectivity index (χ1v) is 7.44. The maximum Gasteiger partial charge on any atom is 0.255 e. The standard InChI is InChI=1S/C16H18BrN3O/c1-16(2,3)20-14-9-8-13(10-18-14)19-15(21)11-4-6-12(17)7-5-11/h4-10H,1-3H3,(H,18,20)(H,19,21). The van der Waals surface area contributed by atoms with E-state index in [2.05, 4.69) is 52.3 Å². The molecule has 0 spiro atoms. The van der Waals surface area contributed by atoms with Crippen LogP contribution in [0, 0.1) is 0 Å². The predicted molar refractivity (Wildman–Crippen MR) is 89.7 cm³/mol. The number of carbonyl (C=O) groups is 1. The average molecular weight is 348 g/mol. The summed E-state index contributed by atoms with van der Waals surface area (Å²) in [4.78, 5) is 16.4. The molecule has 5 heteroatoms. The smallest absolute Gasteiger partial charge is 0.255 e. The number of benzene rings is 1. The molecule has 1 aromatic heterocycles. The van der Waals surface area contributed by atoms with Crippen LogP contribution in [-0.2, 0) is 0 Å². The number of amides is 1. The highest BCUT2D eigenvalue weighted by Crippen LogP contribution is 2.16. The SMILES string of the molecule is CC(C)(C)Nc1ccc(NC(=O)c2ccc(Br)cc2)cn1. The Morgan fingerprint density at radius 2 is 1.76 bits per heavy atom. The summed E-state index contributed by atoms with van der Waals surface area (Å²) < 4.78 is 0.943. The molecule has 0 aliphatic heterocycles. The van der Waals surface area contributed by atoms with Crippen LogP contribution >= 0.6 is 15.9 Å². The van der Waals surface area contributed by atoms with Gasteiger partial charge in [-0.05, 0) is 57.2 Å². The summed E-state index contributed by atoms with van der Waals surface area (Å²) >= 11 is 3.34. The van der Waals surface area contributed by atoms with Crippen LogP contribution in [0.1, 0.15) is 31.1 Å². The maximum absolute atomic E-state index is 12.1. The van der Waals surface area contributed by atoms with E-state index in [0.717, 1.165) is 10.3 Å². The second kappa shape index (κ2) is 6.26. The molecule has 1 aromatic carbocycles. The minimum atomic E-state index is -0.152. The number of rotatable bonds is 3. The summed E-state index contributed by atoms with van der Waals surface area (Å²) in [6.07, 6.45) is 1.64. The van der Waals surface area contributed by atoms with Crippen molar-refractivity contribution in [2.45, 2.75) is 26.3 Å². The lowest BCUT2D eigenvalue weighted by Crippen LogP contribution is -2.26. The van der Waals surface area contributed by atoms with Gasteiger partial charge in [-0.3, -0.25) is 4.79 Å². The summed E-state index contributed by atoms with van der Waals surface area (Å²) in [7, 11) is 0. The van der Waals surface area contributed by atoms with E-state index in [1.165, 1.54) is 0 Å². The minimum absolute atomic E-state index is 0.0464. The highest BCUT2D eigenvalue weighted by molar-refractivity contribution is 9.10. The third kappa shape index (κ3) is 4.86. The Labute approximate surface area is 133 Å². The molecule has 0 saturated carbocycles. The Bertz CT molecular complexity index is 615. The van der Waals surface area contributed by atoms with Gasteiger partial charge in [-0.25, -0.2) is 4.98 Å². The van der Waals surface area contributed by atoms with Crippen molar-refractivity contribution in [1.29, 1.82) is 0 Å². The lowest BCUT2D eigenvalue weighted by molar-refractivity contribution is 0.102. The fraction of sp³-hybridized carbons (Fsp3) is 0.250. The second-order valence-electron chi connectivity index (χ2n) is 5.77. The lowest BCUT2D eigenvalue weighted by Gasteiger charge is -2.21. The molecule has 21 heavy (non-hydrogen) atoms. The van der Waals surface area contributed by atoms with Crippen LogP contribution in [0.15, 0.2) is 47.1 Å². The number of halogens is 1. The fourth-order valence-corrected chi connectivity index (χ4v) is 1.99. The third-order valence-electron chi connectivity index (χ3n) is 2.63. The molecule has 0 radical (unpaired) electrons. The van der Waals surface area contributed by atoms with Crippen molar-refractivity contribution < 1.29 is 4.79 Å². The molecule has 2 aromatic rings. The molecule has 0 atom stereocenters. The van der Waals surface area contributed by atoms with Crippen molar-refractivity contribution in [3.05, 3.63) is 52.6 Å². The van der Waals surface area contributed by atoms with Gasteiger partial charge < -0.3 is 10.6 Å². The molecule has 4 nitrogen and oxygen atoms in total. The van der Waals surface area contributed by atoms with Crippen LogP contribution in [0.25, 0.3) is 0 Å². The number of hydrogen-bond donors (Lipinski definition) is 2. The first-order valence-electron chi connectivity index (χ1n) is 6.65. The van der Waals surface area contributed by atoms with E-state index in [1.54, 1.807) is 18.3 Å². The molecule has 2 N–H and O–H groups in total. The Kier molecular flexibility index (Phi) is 4.63. The van der Waals surface area contributed by atoms with Gasteiger partial charge >= 0.3 is 0 Å². The van der Waals surface area contributed by atoms with Crippen molar-refractivity contribution in [3.63, 3.8) is 0 Å². The van der Waals surface area contributed by atoms with E-state index in [-0.39, 0.29) is 11.4 Å². The molecule has 0 bridgehead atoms. The van der Waals surface area contributed by atoms with Crippen molar-refractivity contribution in [2.75, 3.05) is 10.6 Å². The zero-order chi connectivity index (χ0) is 15.5. The Hall–Kier alpha value is -1.88. The van der Waals surface area contributed by atoms with Crippen LogP contribution in [0.3, 0.4) is 0 Å². The van der Waals surface area contributed by atoms with E-state index in [4.69, 9.17) is 0 Å². The molecule has 0 aliphatic rings. The molecule has 1 heterocycles. The number of pyridine rings is 1. The van der Waals surface area contributed by atoms with Gasteiger partial charge in [-0.2, -0.15) is 0 Å². The largest absolute Gasteiger partial charge is 0.365 e.